The average molecular weight is 796 g/mol. The maximum absolute atomic E-state index is 13.0. The number of amides is 1. The fraction of sp³-hybridized carbons (Fsp3) is 0.936. The van der Waals surface area contributed by atoms with Crippen LogP contribution in [0.5, 0.6) is 0 Å². The smallest absolute Gasteiger partial charge is 0.409 e. The van der Waals surface area contributed by atoms with E-state index >= 15 is 0 Å². The van der Waals surface area contributed by atoms with E-state index in [9.17, 15) is 14.4 Å². The summed E-state index contributed by atoms with van der Waals surface area (Å²) < 4.78 is 16.8. The minimum atomic E-state index is -0.840. The molecule has 9 heteroatoms. The lowest BCUT2D eigenvalue weighted by Crippen LogP contribution is -2.38. The van der Waals surface area contributed by atoms with E-state index in [1.807, 2.05) is 0 Å². The van der Waals surface area contributed by atoms with Crippen LogP contribution in [-0.2, 0) is 23.8 Å². The number of unbranched alkanes of at least 4 members (excludes halogenated alkanes) is 29. The number of hydrogen-bond donors (Lipinski definition) is 2. The molecule has 56 heavy (non-hydrogen) atoms. The van der Waals surface area contributed by atoms with Gasteiger partial charge in [-0.05, 0) is 45.2 Å². The maximum atomic E-state index is 13.0. The van der Waals surface area contributed by atoms with Gasteiger partial charge in [-0.2, -0.15) is 0 Å². The molecule has 0 aliphatic heterocycles. The van der Waals surface area contributed by atoms with Gasteiger partial charge in [0.1, 0.15) is 13.2 Å². The second-order valence-corrected chi connectivity index (χ2v) is 16.4. The summed E-state index contributed by atoms with van der Waals surface area (Å²) in [7, 11) is 0. The molecule has 0 aromatic carbocycles. The molecule has 0 heterocycles. The van der Waals surface area contributed by atoms with Gasteiger partial charge in [0, 0.05) is 25.9 Å². The van der Waals surface area contributed by atoms with E-state index in [0.29, 0.717) is 45.4 Å². The van der Waals surface area contributed by atoms with Crippen LogP contribution in [0.3, 0.4) is 0 Å². The first-order valence-corrected chi connectivity index (χ1v) is 24.1. The quantitative estimate of drug-likeness (QED) is 0.0354. The van der Waals surface area contributed by atoms with Gasteiger partial charge in [-0.1, -0.05) is 194 Å². The van der Waals surface area contributed by atoms with Gasteiger partial charge in [0.2, 0.25) is 0 Å². The summed E-state index contributed by atoms with van der Waals surface area (Å²) in [6.07, 6.45) is 39.5. The summed E-state index contributed by atoms with van der Waals surface area (Å²) >= 11 is 0. The number of esters is 2. The lowest BCUT2D eigenvalue weighted by Gasteiger charge is -2.24. The van der Waals surface area contributed by atoms with E-state index in [0.717, 1.165) is 51.4 Å². The van der Waals surface area contributed by atoms with E-state index in [1.165, 1.54) is 154 Å². The van der Waals surface area contributed by atoms with Crippen LogP contribution in [0.4, 0.5) is 4.79 Å². The second kappa shape index (κ2) is 44.2. The zero-order chi connectivity index (χ0) is 41.0. The number of hydrogen-bond acceptors (Lipinski definition) is 8. The van der Waals surface area contributed by atoms with E-state index < -0.39 is 12.2 Å². The average Bonchev–Trinajstić information content (AvgIpc) is 3.20. The Labute approximate surface area is 346 Å². The Morgan fingerprint density at radius 1 is 0.411 bits per heavy atom. The van der Waals surface area contributed by atoms with Crippen LogP contribution in [0, 0.1) is 0 Å². The number of rotatable bonds is 44. The van der Waals surface area contributed by atoms with Crippen molar-refractivity contribution in [2.75, 3.05) is 39.4 Å². The summed E-state index contributed by atoms with van der Waals surface area (Å²) in [5.74, 6) is -0.650. The first kappa shape index (κ1) is 54.1. The molecule has 9 nitrogen and oxygen atoms in total. The Bertz CT molecular complexity index is 860. The van der Waals surface area contributed by atoms with Crippen LogP contribution in [0.2, 0.25) is 0 Å². The third-order valence-corrected chi connectivity index (χ3v) is 10.9. The summed E-state index contributed by atoms with van der Waals surface area (Å²) in [6, 6.07) is 0. The van der Waals surface area contributed by atoms with E-state index in [-0.39, 0.29) is 25.2 Å². The van der Waals surface area contributed by atoms with Crippen molar-refractivity contribution < 1.29 is 28.6 Å². The fourth-order valence-corrected chi connectivity index (χ4v) is 7.18. The Kier molecular flexibility index (Phi) is 42.8. The Hall–Kier alpha value is -1.87. The van der Waals surface area contributed by atoms with Crippen molar-refractivity contribution in [3.63, 3.8) is 0 Å². The molecule has 0 fully saturated rings. The number of ether oxygens (including phenoxy) is 3. The third-order valence-electron chi connectivity index (χ3n) is 10.9. The zero-order valence-electron chi connectivity index (χ0n) is 37.1. The molecule has 0 saturated carbocycles. The van der Waals surface area contributed by atoms with Gasteiger partial charge in [-0.3, -0.25) is 9.59 Å². The lowest BCUT2D eigenvalue weighted by atomic mass is 10.0. The molecule has 0 bridgehead atoms. The SMILES string of the molecule is CCCCCCCCCCCCCCCCCC(=O)OCC(COC(=O)N(CCCN)CCCCN)OC(=O)CCCCCCCCCCCCCCCCC. The van der Waals surface area contributed by atoms with Crippen LogP contribution in [0.1, 0.15) is 239 Å². The van der Waals surface area contributed by atoms with Crippen LogP contribution >= 0.6 is 0 Å². The summed E-state index contributed by atoms with van der Waals surface area (Å²) in [5, 5.41) is 0. The molecule has 0 aliphatic carbocycles. The van der Waals surface area contributed by atoms with Gasteiger partial charge in [0.05, 0.1) is 0 Å². The van der Waals surface area contributed by atoms with E-state index in [1.54, 1.807) is 4.90 Å². The maximum Gasteiger partial charge on any atom is 0.409 e. The Morgan fingerprint density at radius 3 is 1.14 bits per heavy atom. The molecule has 332 valence electrons. The van der Waals surface area contributed by atoms with Gasteiger partial charge in [0.25, 0.3) is 0 Å². The second-order valence-electron chi connectivity index (χ2n) is 16.4. The molecule has 1 atom stereocenters. The van der Waals surface area contributed by atoms with Crippen molar-refractivity contribution in [2.45, 2.75) is 245 Å². The minimum absolute atomic E-state index is 0.120. The summed E-state index contributed by atoms with van der Waals surface area (Å²) in [5.41, 5.74) is 11.3. The fourth-order valence-electron chi connectivity index (χ4n) is 7.18. The predicted octanol–water partition coefficient (Wildman–Crippen LogP) is 12.5. The van der Waals surface area contributed by atoms with Crippen LogP contribution in [0.25, 0.3) is 0 Å². The van der Waals surface area contributed by atoms with Crippen molar-refractivity contribution in [3.8, 4) is 0 Å². The van der Waals surface area contributed by atoms with Crippen molar-refractivity contribution >= 4 is 18.0 Å². The molecule has 0 saturated heterocycles. The highest BCUT2D eigenvalue weighted by atomic mass is 16.6. The van der Waals surface area contributed by atoms with Crippen LogP contribution in [0.15, 0.2) is 0 Å². The number of carbonyl (C=O) groups excluding carboxylic acids is 3. The topological polar surface area (TPSA) is 134 Å². The van der Waals surface area contributed by atoms with Gasteiger partial charge in [0.15, 0.2) is 6.10 Å². The standard InChI is InChI=1S/C47H93N3O6/c1-3-5-7-9-11-13-15-17-19-21-23-25-27-29-31-36-45(51)54-42-44(43-55-47(53)50(41-35-39-49)40-34-33-38-48)56-46(52)37-32-30-28-26-24-22-20-18-16-14-12-10-8-6-4-2/h44H,3-43,48-49H2,1-2H3. The van der Waals surface area contributed by atoms with E-state index in [2.05, 4.69) is 13.8 Å². The first-order chi connectivity index (χ1) is 27.5. The normalized spacial score (nSPS) is 11.8. The van der Waals surface area contributed by atoms with Crippen molar-refractivity contribution in [3.05, 3.63) is 0 Å². The van der Waals surface area contributed by atoms with Gasteiger partial charge in [-0.25, -0.2) is 4.79 Å². The van der Waals surface area contributed by atoms with Crippen molar-refractivity contribution in [1.29, 1.82) is 0 Å². The molecule has 0 aromatic heterocycles. The van der Waals surface area contributed by atoms with Crippen LogP contribution < -0.4 is 11.5 Å². The summed E-state index contributed by atoms with van der Waals surface area (Å²) in [4.78, 5) is 40.0. The van der Waals surface area contributed by atoms with Gasteiger partial charge in [-0.15, -0.1) is 0 Å². The number of nitrogens with two attached hydrogens (primary N) is 2. The van der Waals surface area contributed by atoms with Gasteiger partial charge >= 0.3 is 18.0 Å². The van der Waals surface area contributed by atoms with E-state index in [4.69, 9.17) is 25.7 Å². The Morgan fingerprint density at radius 2 is 0.750 bits per heavy atom. The van der Waals surface area contributed by atoms with Crippen molar-refractivity contribution in [1.82, 2.24) is 4.90 Å². The third kappa shape index (κ3) is 39.0. The molecule has 4 N–H and O–H groups in total. The molecular formula is C47H93N3O6. The molecule has 0 radical (unpaired) electrons. The monoisotopic (exact) mass is 796 g/mol. The molecule has 1 amide bonds. The molecule has 0 aromatic rings. The van der Waals surface area contributed by atoms with Crippen LogP contribution in [-0.4, -0.2) is 68.4 Å². The highest BCUT2D eigenvalue weighted by Gasteiger charge is 2.22. The highest BCUT2D eigenvalue weighted by molar-refractivity contribution is 5.70. The largest absolute Gasteiger partial charge is 0.462 e. The molecule has 0 spiro atoms. The Balaban J connectivity index is 4.44. The minimum Gasteiger partial charge on any atom is -0.462 e. The number of carbonyl (C=O) groups is 3. The lowest BCUT2D eigenvalue weighted by molar-refractivity contribution is -0.161. The number of nitrogens with zero attached hydrogens (tertiary/aromatic N) is 1. The van der Waals surface area contributed by atoms with Crippen molar-refractivity contribution in [2.24, 2.45) is 11.5 Å². The molecule has 1 unspecified atom stereocenters. The molecule has 0 aliphatic rings. The summed E-state index contributed by atoms with van der Waals surface area (Å²) in [6.45, 7) is 6.29. The molecular weight excluding hydrogens is 703 g/mol. The molecule has 0 rings (SSSR count). The van der Waals surface area contributed by atoms with Gasteiger partial charge < -0.3 is 30.6 Å². The first-order valence-electron chi connectivity index (χ1n) is 24.1. The predicted molar refractivity (Wildman–Crippen MR) is 235 cm³/mol. The highest BCUT2D eigenvalue weighted by Crippen LogP contribution is 2.16. The zero-order valence-corrected chi connectivity index (χ0v) is 37.1.